The minimum atomic E-state index is -0.189. The molecular formula is C10H12ClNO2. The molecule has 0 aliphatic carbocycles. The molecule has 0 aromatic heterocycles. The minimum absolute atomic E-state index is 0.189. The third kappa shape index (κ3) is 1.79. The van der Waals surface area contributed by atoms with E-state index in [1.54, 1.807) is 0 Å². The lowest BCUT2D eigenvalue weighted by Gasteiger charge is -2.19. The van der Waals surface area contributed by atoms with Gasteiger partial charge in [-0.25, -0.2) is 0 Å². The molecule has 0 bridgehead atoms. The Labute approximate surface area is 88.0 Å². The van der Waals surface area contributed by atoms with Crippen LogP contribution >= 0.6 is 11.6 Å². The molecule has 1 aliphatic rings. The van der Waals surface area contributed by atoms with Crippen molar-refractivity contribution < 1.29 is 9.47 Å². The molecule has 0 spiro atoms. The largest absolute Gasteiger partial charge is 0.486 e. The summed E-state index contributed by atoms with van der Waals surface area (Å²) in [4.78, 5) is 0. The molecule has 14 heavy (non-hydrogen) atoms. The summed E-state index contributed by atoms with van der Waals surface area (Å²) in [5, 5.41) is 2.96. The maximum Gasteiger partial charge on any atom is 0.161 e. The highest BCUT2D eigenvalue weighted by molar-refractivity contribution is 6.20. The third-order valence-corrected chi connectivity index (χ3v) is 2.58. The SMILES string of the molecule is CNC(Cl)c1ccc2c(c1)OCCO2. The van der Waals surface area contributed by atoms with E-state index in [1.165, 1.54) is 0 Å². The van der Waals surface area contributed by atoms with Gasteiger partial charge in [-0.2, -0.15) is 0 Å². The molecule has 1 N–H and O–H groups in total. The standard InChI is InChI=1S/C10H12ClNO2/c1-12-10(11)7-2-3-8-9(6-7)14-5-4-13-8/h2-3,6,10,12H,4-5H2,1H3. The fourth-order valence-corrected chi connectivity index (χ4v) is 1.52. The van der Waals surface area contributed by atoms with Crippen LogP contribution in [0.25, 0.3) is 0 Å². The van der Waals surface area contributed by atoms with Crippen molar-refractivity contribution in [2.75, 3.05) is 20.3 Å². The van der Waals surface area contributed by atoms with E-state index < -0.39 is 0 Å². The lowest BCUT2D eigenvalue weighted by atomic mass is 10.2. The van der Waals surface area contributed by atoms with Crippen molar-refractivity contribution in [3.8, 4) is 11.5 Å². The second-order valence-corrected chi connectivity index (χ2v) is 3.49. The van der Waals surface area contributed by atoms with Crippen LogP contribution in [0.3, 0.4) is 0 Å². The van der Waals surface area contributed by atoms with Gasteiger partial charge >= 0.3 is 0 Å². The van der Waals surface area contributed by atoms with Crippen molar-refractivity contribution in [1.82, 2.24) is 5.32 Å². The van der Waals surface area contributed by atoms with E-state index in [4.69, 9.17) is 21.1 Å². The number of hydrogen-bond donors (Lipinski definition) is 1. The predicted molar refractivity (Wildman–Crippen MR) is 55.1 cm³/mol. The minimum Gasteiger partial charge on any atom is -0.486 e. The van der Waals surface area contributed by atoms with Gasteiger partial charge in [0.15, 0.2) is 11.5 Å². The predicted octanol–water partition coefficient (Wildman–Crippen LogP) is 1.91. The number of benzene rings is 1. The summed E-state index contributed by atoms with van der Waals surface area (Å²) in [7, 11) is 1.81. The zero-order chi connectivity index (χ0) is 9.97. The number of halogens is 1. The maximum atomic E-state index is 6.03. The van der Waals surface area contributed by atoms with Crippen LogP contribution in [0.5, 0.6) is 11.5 Å². The van der Waals surface area contributed by atoms with Gasteiger partial charge in [-0.15, -0.1) is 11.6 Å². The first kappa shape index (κ1) is 9.62. The van der Waals surface area contributed by atoms with Crippen LogP contribution in [-0.4, -0.2) is 20.3 Å². The van der Waals surface area contributed by atoms with Crippen molar-refractivity contribution in [3.05, 3.63) is 23.8 Å². The summed E-state index contributed by atoms with van der Waals surface area (Å²) < 4.78 is 10.9. The lowest BCUT2D eigenvalue weighted by molar-refractivity contribution is 0.171. The summed E-state index contributed by atoms with van der Waals surface area (Å²) in [6.45, 7) is 1.21. The Morgan fingerprint density at radius 2 is 2.00 bits per heavy atom. The first-order chi connectivity index (χ1) is 6.81. The lowest BCUT2D eigenvalue weighted by Crippen LogP contribution is -2.16. The Kier molecular flexibility index (Phi) is 2.79. The zero-order valence-electron chi connectivity index (χ0n) is 7.92. The molecule has 1 atom stereocenters. The quantitative estimate of drug-likeness (QED) is 0.602. The van der Waals surface area contributed by atoms with E-state index in [0.717, 1.165) is 17.1 Å². The molecule has 76 valence electrons. The van der Waals surface area contributed by atoms with Crippen LogP contribution in [0.2, 0.25) is 0 Å². The molecule has 1 aromatic rings. The van der Waals surface area contributed by atoms with Crippen LogP contribution in [0.4, 0.5) is 0 Å². The van der Waals surface area contributed by atoms with E-state index >= 15 is 0 Å². The molecule has 1 heterocycles. The number of nitrogens with one attached hydrogen (secondary N) is 1. The fourth-order valence-electron chi connectivity index (χ4n) is 1.38. The first-order valence-corrected chi connectivity index (χ1v) is 4.96. The summed E-state index contributed by atoms with van der Waals surface area (Å²) >= 11 is 6.03. The zero-order valence-corrected chi connectivity index (χ0v) is 8.67. The van der Waals surface area contributed by atoms with E-state index in [0.29, 0.717) is 13.2 Å². The monoisotopic (exact) mass is 213 g/mol. The average molecular weight is 214 g/mol. The highest BCUT2D eigenvalue weighted by Gasteiger charge is 2.14. The van der Waals surface area contributed by atoms with Gasteiger partial charge in [0.25, 0.3) is 0 Å². The Morgan fingerprint density at radius 1 is 1.29 bits per heavy atom. The molecule has 0 amide bonds. The molecule has 4 heteroatoms. The van der Waals surface area contributed by atoms with Gasteiger partial charge in [-0.1, -0.05) is 6.07 Å². The van der Waals surface area contributed by atoms with Crippen molar-refractivity contribution in [1.29, 1.82) is 0 Å². The first-order valence-electron chi connectivity index (χ1n) is 4.52. The number of hydrogen-bond acceptors (Lipinski definition) is 3. The molecule has 1 unspecified atom stereocenters. The average Bonchev–Trinajstić information content (AvgIpc) is 2.27. The second kappa shape index (κ2) is 4.07. The highest BCUT2D eigenvalue weighted by atomic mass is 35.5. The van der Waals surface area contributed by atoms with E-state index in [-0.39, 0.29) is 5.50 Å². The Bertz CT molecular complexity index is 330. The molecule has 2 rings (SSSR count). The maximum absolute atomic E-state index is 6.03. The van der Waals surface area contributed by atoms with Gasteiger partial charge in [0.2, 0.25) is 0 Å². The second-order valence-electron chi connectivity index (χ2n) is 3.05. The molecule has 1 aliphatic heterocycles. The molecule has 0 fully saturated rings. The number of alkyl halides is 1. The summed E-state index contributed by atoms with van der Waals surface area (Å²) in [6, 6.07) is 5.72. The molecule has 0 radical (unpaired) electrons. The van der Waals surface area contributed by atoms with Gasteiger partial charge in [-0.05, 0) is 24.7 Å². The topological polar surface area (TPSA) is 30.5 Å². The Hall–Kier alpha value is -0.930. The Morgan fingerprint density at radius 3 is 2.71 bits per heavy atom. The Balaban J connectivity index is 2.29. The van der Waals surface area contributed by atoms with Gasteiger partial charge < -0.3 is 14.8 Å². The van der Waals surface area contributed by atoms with Crippen LogP contribution < -0.4 is 14.8 Å². The van der Waals surface area contributed by atoms with Crippen LogP contribution in [0.15, 0.2) is 18.2 Å². The smallest absolute Gasteiger partial charge is 0.161 e. The number of ether oxygens (including phenoxy) is 2. The summed E-state index contributed by atoms with van der Waals surface area (Å²) in [5.74, 6) is 1.56. The van der Waals surface area contributed by atoms with Crippen molar-refractivity contribution >= 4 is 11.6 Å². The molecule has 3 nitrogen and oxygen atoms in total. The number of fused-ring (bicyclic) bond motifs is 1. The van der Waals surface area contributed by atoms with E-state index in [1.807, 2.05) is 25.2 Å². The van der Waals surface area contributed by atoms with E-state index in [2.05, 4.69) is 5.32 Å². The molecule has 0 saturated heterocycles. The molecule has 1 aromatic carbocycles. The van der Waals surface area contributed by atoms with Crippen molar-refractivity contribution in [2.45, 2.75) is 5.50 Å². The third-order valence-electron chi connectivity index (χ3n) is 2.11. The normalized spacial score (nSPS) is 16.4. The fraction of sp³-hybridized carbons (Fsp3) is 0.400. The number of rotatable bonds is 2. The van der Waals surface area contributed by atoms with Gasteiger partial charge in [-0.3, -0.25) is 0 Å². The highest BCUT2D eigenvalue weighted by Crippen LogP contribution is 2.33. The van der Waals surface area contributed by atoms with Gasteiger partial charge in [0.1, 0.15) is 18.7 Å². The summed E-state index contributed by atoms with van der Waals surface area (Å²) in [6.07, 6.45) is 0. The summed E-state index contributed by atoms with van der Waals surface area (Å²) in [5.41, 5.74) is 0.796. The van der Waals surface area contributed by atoms with Crippen molar-refractivity contribution in [2.24, 2.45) is 0 Å². The van der Waals surface area contributed by atoms with Crippen LogP contribution in [-0.2, 0) is 0 Å². The molecular weight excluding hydrogens is 202 g/mol. The van der Waals surface area contributed by atoms with E-state index in [9.17, 15) is 0 Å². The van der Waals surface area contributed by atoms with Crippen LogP contribution in [0.1, 0.15) is 11.1 Å². The van der Waals surface area contributed by atoms with Crippen molar-refractivity contribution in [3.63, 3.8) is 0 Å². The van der Waals surface area contributed by atoms with Gasteiger partial charge in [0, 0.05) is 0 Å². The van der Waals surface area contributed by atoms with Gasteiger partial charge in [0.05, 0.1) is 0 Å². The molecule has 0 saturated carbocycles. The van der Waals surface area contributed by atoms with Crippen LogP contribution in [0, 0.1) is 0 Å².